The number of aromatic carboxylic acids is 1. The predicted octanol–water partition coefficient (Wildman–Crippen LogP) is 3.36. The minimum Gasteiger partial charge on any atom is -0.478 e. The van der Waals surface area contributed by atoms with Gasteiger partial charge in [0.1, 0.15) is 17.9 Å². The number of benzene rings is 5. The SMILES string of the molecule is N=C(N)c1ccc(CNC(=O)[C@H](Cc2cccc(CN)c2)NC(=O)[C@@H](Cc2ccc3ccccc3c2)NS(=O)(=O)Cc2ccc(C(=O)O)cc2)cc1. The highest BCUT2D eigenvalue weighted by molar-refractivity contribution is 7.88. The van der Waals surface area contributed by atoms with Crippen LogP contribution in [0.15, 0.2) is 115 Å². The lowest BCUT2D eigenvalue weighted by Gasteiger charge is -2.24. The van der Waals surface area contributed by atoms with Crippen LogP contribution in [0.3, 0.4) is 0 Å². The minimum atomic E-state index is -4.15. The molecule has 0 unspecified atom stereocenters. The first-order valence-corrected chi connectivity index (χ1v) is 18.1. The Morgan fingerprint density at radius 3 is 1.94 bits per heavy atom. The van der Waals surface area contributed by atoms with Crippen LogP contribution in [0, 0.1) is 5.41 Å². The highest BCUT2D eigenvalue weighted by Gasteiger charge is 2.29. The Labute approximate surface area is 301 Å². The fourth-order valence-corrected chi connectivity index (χ4v) is 7.06. The molecule has 0 bridgehead atoms. The number of carboxylic acids is 1. The summed E-state index contributed by atoms with van der Waals surface area (Å²) in [7, 11) is -4.15. The van der Waals surface area contributed by atoms with Crippen molar-refractivity contribution in [1.82, 2.24) is 15.4 Å². The van der Waals surface area contributed by atoms with E-state index >= 15 is 0 Å². The zero-order valence-corrected chi connectivity index (χ0v) is 29.0. The van der Waals surface area contributed by atoms with Crippen LogP contribution in [-0.4, -0.2) is 49.2 Å². The summed E-state index contributed by atoms with van der Waals surface area (Å²) in [5, 5.41) is 24.4. The van der Waals surface area contributed by atoms with Crippen molar-refractivity contribution in [1.29, 1.82) is 5.41 Å². The summed E-state index contributed by atoms with van der Waals surface area (Å²) in [6.07, 6.45) is 0.0768. The van der Waals surface area contributed by atoms with E-state index in [1.54, 1.807) is 24.3 Å². The molecule has 0 saturated heterocycles. The second-order valence-corrected chi connectivity index (χ2v) is 14.2. The molecule has 5 rings (SSSR count). The monoisotopic (exact) mass is 720 g/mol. The number of sulfonamides is 1. The number of hydrogen-bond donors (Lipinski definition) is 7. The van der Waals surface area contributed by atoms with Gasteiger partial charge in [-0.05, 0) is 57.1 Å². The third-order valence-electron chi connectivity index (χ3n) is 8.48. The zero-order valence-electron chi connectivity index (χ0n) is 28.2. The van der Waals surface area contributed by atoms with E-state index in [-0.39, 0.29) is 37.3 Å². The summed E-state index contributed by atoms with van der Waals surface area (Å²) in [6, 6.07) is 30.4. The Balaban J connectivity index is 1.41. The van der Waals surface area contributed by atoms with Crippen LogP contribution in [0.4, 0.5) is 0 Å². The second-order valence-electron chi connectivity index (χ2n) is 12.4. The van der Waals surface area contributed by atoms with Crippen LogP contribution in [0.1, 0.15) is 43.7 Å². The molecule has 0 aromatic heterocycles. The molecule has 5 aromatic rings. The minimum absolute atomic E-state index is 0.0112. The number of rotatable bonds is 16. The normalized spacial score (nSPS) is 12.5. The first kappa shape index (κ1) is 37.4. The first-order chi connectivity index (χ1) is 24.9. The standard InChI is InChI=1S/C39H40N6O6S/c40-22-29-5-3-4-27(18-29)20-34(37(46)43-23-25-8-14-31(15-9-25)36(41)42)44-38(47)35(21-28-12-13-30-6-1-2-7-33(30)19-28)45-52(50,51)24-26-10-16-32(17-11-26)39(48)49/h1-19,34-35,45H,20-24,40H2,(H3,41,42)(H,43,46)(H,44,47)(H,48,49)/t34-,35+/m0/s1. The number of nitrogens with one attached hydrogen (secondary N) is 4. The van der Waals surface area contributed by atoms with E-state index < -0.39 is 45.6 Å². The lowest BCUT2D eigenvalue weighted by atomic mass is 10.00. The number of hydrogen-bond acceptors (Lipinski definition) is 7. The van der Waals surface area contributed by atoms with Crippen molar-refractivity contribution in [2.24, 2.45) is 11.5 Å². The van der Waals surface area contributed by atoms with Gasteiger partial charge in [-0.1, -0.05) is 103 Å². The summed E-state index contributed by atoms with van der Waals surface area (Å²) in [6.45, 7) is 0.405. The van der Waals surface area contributed by atoms with Crippen LogP contribution >= 0.6 is 0 Å². The number of carboxylic acid groups (broad SMARTS) is 1. The van der Waals surface area contributed by atoms with Gasteiger partial charge in [-0.15, -0.1) is 0 Å². The number of carbonyl (C=O) groups excluding carboxylic acids is 2. The number of nitrogen functional groups attached to an aromatic ring is 1. The Morgan fingerprint density at radius 2 is 1.27 bits per heavy atom. The molecule has 0 aliphatic rings. The van der Waals surface area contributed by atoms with E-state index in [2.05, 4.69) is 15.4 Å². The molecule has 2 amide bonds. The van der Waals surface area contributed by atoms with E-state index in [1.165, 1.54) is 24.3 Å². The zero-order chi connectivity index (χ0) is 37.3. The quantitative estimate of drug-likeness (QED) is 0.0591. The maximum atomic E-state index is 14.1. The van der Waals surface area contributed by atoms with Gasteiger partial charge in [-0.2, -0.15) is 0 Å². The van der Waals surface area contributed by atoms with Gasteiger partial charge in [-0.3, -0.25) is 15.0 Å². The van der Waals surface area contributed by atoms with E-state index in [1.807, 2.05) is 66.7 Å². The van der Waals surface area contributed by atoms with Crippen molar-refractivity contribution in [3.63, 3.8) is 0 Å². The number of fused-ring (bicyclic) bond motifs is 1. The first-order valence-electron chi connectivity index (χ1n) is 16.5. The molecule has 13 heteroatoms. The van der Waals surface area contributed by atoms with E-state index in [0.29, 0.717) is 16.7 Å². The Morgan fingerprint density at radius 1 is 0.673 bits per heavy atom. The summed E-state index contributed by atoms with van der Waals surface area (Å²) >= 11 is 0. The molecule has 0 fully saturated rings. The highest BCUT2D eigenvalue weighted by atomic mass is 32.2. The van der Waals surface area contributed by atoms with Gasteiger partial charge < -0.3 is 27.2 Å². The largest absolute Gasteiger partial charge is 0.478 e. The van der Waals surface area contributed by atoms with Crippen molar-refractivity contribution in [2.75, 3.05) is 0 Å². The van der Waals surface area contributed by atoms with Crippen LogP contribution in [0.25, 0.3) is 10.8 Å². The summed E-state index contributed by atoms with van der Waals surface area (Å²) in [4.78, 5) is 39.1. The Kier molecular flexibility index (Phi) is 12.1. The van der Waals surface area contributed by atoms with Crippen LogP contribution < -0.4 is 26.8 Å². The molecule has 52 heavy (non-hydrogen) atoms. The summed E-state index contributed by atoms with van der Waals surface area (Å²) in [5.41, 5.74) is 15.3. The molecule has 2 atom stereocenters. The molecule has 12 nitrogen and oxygen atoms in total. The van der Waals surface area contributed by atoms with Crippen LogP contribution in [0.2, 0.25) is 0 Å². The highest BCUT2D eigenvalue weighted by Crippen LogP contribution is 2.18. The molecular weight excluding hydrogens is 681 g/mol. The van der Waals surface area contributed by atoms with Crippen LogP contribution in [-0.2, 0) is 51.3 Å². The van der Waals surface area contributed by atoms with Gasteiger partial charge in [0.05, 0.1) is 11.3 Å². The van der Waals surface area contributed by atoms with Gasteiger partial charge in [0.15, 0.2) is 0 Å². The third kappa shape index (κ3) is 10.3. The van der Waals surface area contributed by atoms with E-state index in [0.717, 1.165) is 27.5 Å². The fraction of sp³-hybridized carbons (Fsp3) is 0.179. The molecule has 9 N–H and O–H groups in total. The molecule has 0 spiro atoms. The predicted molar refractivity (Wildman–Crippen MR) is 200 cm³/mol. The number of amides is 2. The lowest BCUT2D eigenvalue weighted by Crippen LogP contribution is -2.55. The second kappa shape index (κ2) is 16.9. The average Bonchev–Trinajstić information content (AvgIpc) is 3.13. The number of carbonyl (C=O) groups is 3. The maximum Gasteiger partial charge on any atom is 0.335 e. The van der Waals surface area contributed by atoms with Crippen molar-refractivity contribution in [3.05, 3.63) is 154 Å². The molecule has 0 radical (unpaired) electrons. The molecule has 0 aliphatic heterocycles. The third-order valence-corrected chi connectivity index (χ3v) is 9.84. The van der Waals surface area contributed by atoms with E-state index in [9.17, 15) is 27.9 Å². The van der Waals surface area contributed by atoms with Gasteiger partial charge in [-0.25, -0.2) is 17.9 Å². The summed E-state index contributed by atoms with van der Waals surface area (Å²) < 4.78 is 29.6. The fourth-order valence-electron chi connectivity index (χ4n) is 5.73. The average molecular weight is 721 g/mol. The van der Waals surface area contributed by atoms with Crippen molar-refractivity contribution in [2.45, 2.75) is 43.8 Å². The van der Waals surface area contributed by atoms with Gasteiger partial charge in [0.25, 0.3) is 0 Å². The Bertz CT molecular complexity index is 2190. The van der Waals surface area contributed by atoms with Gasteiger partial charge in [0.2, 0.25) is 21.8 Å². The van der Waals surface area contributed by atoms with Crippen molar-refractivity contribution >= 4 is 44.4 Å². The topological polar surface area (TPSA) is 218 Å². The van der Waals surface area contributed by atoms with Gasteiger partial charge >= 0.3 is 5.97 Å². The maximum absolute atomic E-state index is 14.1. The molecule has 0 aliphatic carbocycles. The number of nitrogens with two attached hydrogens (primary N) is 2. The molecule has 0 heterocycles. The smallest absolute Gasteiger partial charge is 0.335 e. The molecule has 5 aromatic carbocycles. The molecular formula is C39H40N6O6S. The summed E-state index contributed by atoms with van der Waals surface area (Å²) in [5.74, 6) is -2.93. The molecule has 268 valence electrons. The van der Waals surface area contributed by atoms with Crippen molar-refractivity contribution in [3.8, 4) is 0 Å². The van der Waals surface area contributed by atoms with Gasteiger partial charge in [0, 0.05) is 25.1 Å². The molecule has 0 saturated carbocycles. The van der Waals surface area contributed by atoms with E-state index in [4.69, 9.17) is 16.9 Å². The van der Waals surface area contributed by atoms with Crippen molar-refractivity contribution < 1.29 is 27.9 Å². The van der Waals surface area contributed by atoms with Crippen LogP contribution in [0.5, 0.6) is 0 Å². The lowest BCUT2D eigenvalue weighted by molar-refractivity contribution is -0.129. The Hall–Kier alpha value is -5.89. The number of amidine groups is 1.